The van der Waals surface area contributed by atoms with Crippen molar-refractivity contribution in [3.63, 3.8) is 0 Å². The van der Waals surface area contributed by atoms with Crippen molar-refractivity contribution in [1.29, 1.82) is 0 Å². The lowest BCUT2D eigenvalue weighted by Crippen LogP contribution is -2.24. The molecule has 0 radical (unpaired) electrons. The van der Waals surface area contributed by atoms with Crippen molar-refractivity contribution in [3.05, 3.63) is 34.1 Å². The second-order valence-corrected chi connectivity index (χ2v) is 6.30. The third kappa shape index (κ3) is 3.67. The second-order valence-electron chi connectivity index (χ2n) is 5.52. The van der Waals surface area contributed by atoms with Crippen LogP contribution in [0.1, 0.15) is 55.8 Å². The summed E-state index contributed by atoms with van der Waals surface area (Å²) in [4.78, 5) is 6.94. The molecule has 0 unspecified atom stereocenters. The van der Waals surface area contributed by atoms with E-state index in [9.17, 15) is 0 Å². The Bertz CT molecular complexity index is 519. The van der Waals surface area contributed by atoms with Crippen LogP contribution in [0.15, 0.2) is 21.3 Å². The highest BCUT2D eigenvalue weighted by Gasteiger charge is 2.29. The van der Waals surface area contributed by atoms with Gasteiger partial charge in [-0.1, -0.05) is 18.5 Å². The molecule has 108 valence electrons. The maximum Gasteiger partial charge on any atom is 0.229 e. The predicted octanol–water partition coefficient (Wildman–Crippen LogP) is 3.81. The summed E-state index contributed by atoms with van der Waals surface area (Å²) in [5.41, 5.74) is 1.37. The minimum atomic E-state index is 0.539. The third-order valence-electron chi connectivity index (χ3n) is 3.59. The lowest BCUT2D eigenvalue weighted by Gasteiger charge is -2.19. The van der Waals surface area contributed by atoms with Gasteiger partial charge >= 0.3 is 0 Å². The van der Waals surface area contributed by atoms with Crippen LogP contribution in [0.5, 0.6) is 0 Å². The molecule has 0 spiro atoms. The summed E-state index contributed by atoms with van der Waals surface area (Å²) in [5.74, 6) is 2.21. The molecule has 0 aliphatic heterocycles. The van der Waals surface area contributed by atoms with Gasteiger partial charge in [0.05, 0.1) is 6.54 Å². The summed E-state index contributed by atoms with van der Waals surface area (Å²) >= 11 is 1.75. The maximum absolute atomic E-state index is 5.34. The van der Waals surface area contributed by atoms with Crippen molar-refractivity contribution in [2.24, 2.45) is 0 Å². The molecule has 2 aromatic heterocycles. The van der Waals surface area contributed by atoms with Crippen LogP contribution >= 0.6 is 11.3 Å². The molecule has 1 saturated carbocycles. The van der Waals surface area contributed by atoms with E-state index in [0.29, 0.717) is 5.92 Å². The van der Waals surface area contributed by atoms with Crippen LogP contribution in [0, 0.1) is 0 Å². The Kier molecular flexibility index (Phi) is 4.47. The first-order valence-corrected chi connectivity index (χ1v) is 8.35. The first kappa shape index (κ1) is 13.8. The van der Waals surface area contributed by atoms with Crippen LogP contribution in [0.4, 0.5) is 0 Å². The molecule has 4 nitrogen and oxygen atoms in total. The molecule has 3 rings (SSSR count). The van der Waals surface area contributed by atoms with Gasteiger partial charge in [0.2, 0.25) is 5.89 Å². The van der Waals surface area contributed by atoms with E-state index in [2.05, 4.69) is 38.8 Å². The molecule has 1 aliphatic rings. The van der Waals surface area contributed by atoms with Gasteiger partial charge < -0.3 is 4.52 Å². The summed E-state index contributed by atoms with van der Waals surface area (Å²) in [7, 11) is 0. The Morgan fingerprint density at radius 2 is 2.30 bits per heavy atom. The van der Waals surface area contributed by atoms with Crippen molar-refractivity contribution in [2.45, 2.75) is 51.6 Å². The maximum atomic E-state index is 5.34. The molecule has 20 heavy (non-hydrogen) atoms. The summed E-state index contributed by atoms with van der Waals surface area (Å²) in [6, 6.07) is 2.19. The molecule has 0 amide bonds. The largest absolute Gasteiger partial charge is 0.339 e. The first-order chi connectivity index (χ1) is 9.85. The number of hydrogen-bond donors (Lipinski definition) is 0. The molecule has 0 atom stereocenters. The Morgan fingerprint density at radius 1 is 1.40 bits per heavy atom. The summed E-state index contributed by atoms with van der Waals surface area (Å²) in [6.07, 6.45) is 4.82. The van der Waals surface area contributed by atoms with E-state index in [1.165, 1.54) is 31.2 Å². The van der Waals surface area contributed by atoms with Gasteiger partial charge in [0.25, 0.3) is 0 Å². The summed E-state index contributed by atoms with van der Waals surface area (Å²) in [6.45, 7) is 5.06. The van der Waals surface area contributed by atoms with Crippen molar-refractivity contribution in [1.82, 2.24) is 15.0 Å². The van der Waals surface area contributed by atoms with Crippen LogP contribution in [-0.2, 0) is 13.1 Å². The van der Waals surface area contributed by atoms with Crippen LogP contribution in [0.2, 0.25) is 0 Å². The number of rotatable bonds is 8. The Hall–Kier alpha value is -1.20. The molecule has 0 N–H and O–H groups in total. The molecule has 1 aliphatic carbocycles. The fourth-order valence-corrected chi connectivity index (χ4v) is 2.92. The average Bonchev–Trinajstić information content (AvgIpc) is 2.98. The topological polar surface area (TPSA) is 42.2 Å². The van der Waals surface area contributed by atoms with Crippen molar-refractivity contribution in [2.75, 3.05) is 6.54 Å². The molecule has 0 saturated heterocycles. The number of unbranched alkanes of at least 4 members (excludes halogenated alkanes) is 1. The van der Waals surface area contributed by atoms with Crippen molar-refractivity contribution in [3.8, 4) is 0 Å². The van der Waals surface area contributed by atoms with E-state index < -0.39 is 0 Å². The Labute approximate surface area is 123 Å². The fraction of sp³-hybridized carbons (Fsp3) is 0.600. The molecule has 0 bridgehead atoms. The normalized spacial score (nSPS) is 15.1. The van der Waals surface area contributed by atoms with E-state index in [0.717, 1.165) is 31.3 Å². The molecule has 1 fully saturated rings. The van der Waals surface area contributed by atoms with Gasteiger partial charge in [-0.2, -0.15) is 16.3 Å². The van der Waals surface area contributed by atoms with Crippen LogP contribution < -0.4 is 0 Å². The van der Waals surface area contributed by atoms with Crippen LogP contribution in [-0.4, -0.2) is 21.6 Å². The SMILES string of the molecule is CCCCN(Cc1ccsc1)Cc1noc(C2CC2)n1. The zero-order chi connectivity index (χ0) is 13.8. The Balaban J connectivity index is 1.61. The molecular weight excluding hydrogens is 270 g/mol. The van der Waals surface area contributed by atoms with Gasteiger partial charge in [0.15, 0.2) is 5.82 Å². The second kappa shape index (κ2) is 6.50. The smallest absolute Gasteiger partial charge is 0.229 e. The van der Waals surface area contributed by atoms with Gasteiger partial charge in [-0.15, -0.1) is 0 Å². The van der Waals surface area contributed by atoms with Crippen molar-refractivity contribution < 1.29 is 4.52 Å². The number of aromatic nitrogens is 2. The van der Waals surface area contributed by atoms with E-state index >= 15 is 0 Å². The van der Waals surface area contributed by atoms with E-state index in [-0.39, 0.29) is 0 Å². The molecular formula is C15H21N3OS. The highest BCUT2D eigenvalue weighted by Crippen LogP contribution is 2.38. The van der Waals surface area contributed by atoms with Gasteiger partial charge in [-0.05, 0) is 48.2 Å². The predicted molar refractivity (Wildman–Crippen MR) is 79.6 cm³/mol. The Morgan fingerprint density at radius 3 is 3.00 bits per heavy atom. The van der Waals surface area contributed by atoms with Gasteiger partial charge in [0.1, 0.15) is 0 Å². The minimum Gasteiger partial charge on any atom is -0.339 e. The zero-order valence-corrected chi connectivity index (χ0v) is 12.7. The first-order valence-electron chi connectivity index (χ1n) is 7.41. The third-order valence-corrected chi connectivity index (χ3v) is 4.32. The summed E-state index contributed by atoms with van der Waals surface area (Å²) < 4.78 is 5.34. The van der Waals surface area contributed by atoms with Crippen molar-refractivity contribution >= 4 is 11.3 Å². The van der Waals surface area contributed by atoms with Gasteiger partial charge in [0, 0.05) is 12.5 Å². The molecule has 5 heteroatoms. The standard InChI is InChI=1S/C15H21N3OS/c1-2-3-7-18(9-12-6-8-20-11-12)10-14-16-15(19-17-14)13-4-5-13/h6,8,11,13H,2-5,7,9-10H2,1H3. The highest BCUT2D eigenvalue weighted by atomic mass is 32.1. The van der Waals surface area contributed by atoms with E-state index in [1.54, 1.807) is 11.3 Å². The zero-order valence-electron chi connectivity index (χ0n) is 11.9. The van der Waals surface area contributed by atoms with Crippen LogP contribution in [0.25, 0.3) is 0 Å². The molecule has 0 aromatic carbocycles. The quantitative estimate of drug-likeness (QED) is 0.741. The van der Waals surface area contributed by atoms with Crippen LogP contribution in [0.3, 0.4) is 0 Å². The number of thiophene rings is 1. The van der Waals surface area contributed by atoms with E-state index in [4.69, 9.17) is 4.52 Å². The molecule has 2 aromatic rings. The monoisotopic (exact) mass is 291 g/mol. The van der Waals surface area contributed by atoms with E-state index in [1.807, 2.05) is 0 Å². The lowest BCUT2D eigenvalue weighted by molar-refractivity contribution is 0.242. The highest BCUT2D eigenvalue weighted by molar-refractivity contribution is 7.07. The van der Waals surface area contributed by atoms with Gasteiger partial charge in [-0.3, -0.25) is 4.90 Å². The average molecular weight is 291 g/mol. The molecule has 2 heterocycles. The minimum absolute atomic E-state index is 0.539. The van der Waals surface area contributed by atoms with Gasteiger partial charge in [-0.25, -0.2) is 0 Å². The lowest BCUT2D eigenvalue weighted by atomic mass is 10.2. The number of hydrogen-bond acceptors (Lipinski definition) is 5. The number of nitrogens with zero attached hydrogens (tertiary/aromatic N) is 3. The fourth-order valence-electron chi connectivity index (χ4n) is 2.26. The summed E-state index contributed by atoms with van der Waals surface area (Å²) in [5, 5.41) is 8.47.